The van der Waals surface area contributed by atoms with Crippen LogP contribution in [0.3, 0.4) is 0 Å². The van der Waals surface area contributed by atoms with Gasteiger partial charge in [0.15, 0.2) is 6.23 Å². The number of phenolic OH excluding ortho intramolecular Hbond substituents is 1. The van der Waals surface area contributed by atoms with Gasteiger partial charge in [0.25, 0.3) is 5.56 Å². The molecule has 6 bridgehead atoms. The van der Waals surface area contributed by atoms with Gasteiger partial charge in [-0.3, -0.25) is 4.79 Å². The van der Waals surface area contributed by atoms with E-state index in [1.807, 2.05) is 59.2 Å². The Labute approximate surface area is 194 Å². The first-order valence-corrected chi connectivity index (χ1v) is 10.9. The molecule has 3 aromatic carbocycles. The molecule has 3 N–H and O–H groups in total. The van der Waals surface area contributed by atoms with Gasteiger partial charge in [-0.2, -0.15) is 5.10 Å². The maximum Gasteiger partial charge on any atom is 0.267 e. The molecule has 0 saturated carbocycles. The Morgan fingerprint density at radius 1 is 0.912 bits per heavy atom. The molecule has 1 aliphatic heterocycles. The lowest BCUT2D eigenvalue weighted by Crippen LogP contribution is -2.23. The van der Waals surface area contributed by atoms with E-state index in [1.54, 1.807) is 18.2 Å². The molecule has 0 amide bonds. The van der Waals surface area contributed by atoms with E-state index in [2.05, 4.69) is 15.4 Å². The number of aliphatic hydroxyl groups is 1. The molecule has 6 rings (SSSR count). The van der Waals surface area contributed by atoms with E-state index in [9.17, 15) is 15.0 Å². The lowest BCUT2D eigenvalue weighted by atomic mass is 10.1. The highest BCUT2D eigenvalue weighted by atomic mass is 16.3. The Hall–Kier alpha value is -4.43. The van der Waals surface area contributed by atoms with E-state index in [0.29, 0.717) is 29.3 Å². The summed E-state index contributed by atoms with van der Waals surface area (Å²) in [5.41, 5.74) is 5.32. The van der Waals surface area contributed by atoms with Crippen LogP contribution in [0.25, 0.3) is 22.3 Å². The number of hydrogen-bond donors (Lipinski definition) is 3. The molecule has 0 fully saturated rings. The van der Waals surface area contributed by atoms with Gasteiger partial charge in [0.1, 0.15) is 5.75 Å². The van der Waals surface area contributed by atoms with E-state index < -0.39 is 6.23 Å². The number of rotatable bonds is 0. The fraction of sp³-hybridized carbons (Fsp3) is 0.115. The number of nitrogens with one attached hydrogen (secondary N) is 1. The van der Waals surface area contributed by atoms with Gasteiger partial charge in [0, 0.05) is 23.3 Å². The van der Waals surface area contributed by atoms with Crippen LogP contribution < -0.4 is 10.9 Å². The van der Waals surface area contributed by atoms with Crippen molar-refractivity contribution in [2.45, 2.75) is 19.3 Å². The van der Waals surface area contributed by atoms with Crippen molar-refractivity contribution in [2.24, 2.45) is 0 Å². The number of hydrogen-bond acceptors (Lipinski definition) is 6. The lowest BCUT2D eigenvalue weighted by Gasteiger charge is -2.17. The van der Waals surface area contributed by atoms with Crippen LogP contribution >= 0.6 is 0 Å². The summed E-state index contributed by atoms with van der Waals surface area (Å²) in [5.74, 6) is 0.607. The third-order valence-electron chi connectivity index (χ3n) is 6.03. The zero-order chi connectivity index (χ0) is 23.2. The number of aliphatic hydroxyl groups excluding tert-OH is 1. The van der Waals surface area contributed by atoms with Crippen LogP contribution in [0.4, 0.5) is 5.95 Å². The number of imidazole rings is 1. The molecule has 0 aliphatic carbocycles. The Bertz CT molecular complexity index is 1600. The van der Waals surface area contributed by atoms with Gasteiger partial charge in [0.2, 0.25) is 5.95 Å². The molecule has 5 aromatic rings. The van der Waals surface area contributed by atoms with Crippen molar-refractivity contribution in [3.05, 3.63) is 106 Å². The van der Waals surface area contributed by atoms with Gasteiger partial charge in [-0.05, 0) is 41.5 Å². The first kappa shape index (κ1) is 20.2. The van der Waals surface area contributed by atoms with Gasteiger partial charge in [-0.25, -0.2) is 9.67 Å². The summed E-state index contributed by atoms with van der Waals surface area (Å²) in [6, 6.07) is 23.6. The molecule has 3 heterocycles. The second kappa shape index (κ2) is 7.86. The highest BCUT2D eigenvalue weighted by molar-refractivity contribution is 5.80. The topological polar surface area (TPSA) is 105 Å². The van der Waals surface area contributed by atoms with Crippen LogP contribution in [0.15, 0.2) is 83.7 Å². The number of fused-ring (bicyclic) bond motifs is 10. The van der Waals surface area contributed by atoms with E-state index in [-0.39, 0.29) is 17.9 Å². The second-order valence-electron chi connectivity index (χ2n) is 8.40. The molecule has 34 heavy (non-hydrogen) atoms. The highest BCUT2D eigenvalue weighted by Gasteiger charge is 2.17. The van der Waals surface area contributed by atoms with Crippen LogP contribution in [-0.2, 0) is 13.1 Å². The SMILES string of the molecule is O=c1ccc2nn1Cc1cccc(c1)C(O)Nc1nc3cc(O)ccc3n1Cc1cccc-2c1. The summed E-state index contributed by atoms with van der Waals surface area (Å²) >= 11 is 0. The molecule has 168 valence electrons. The maximum atomic E-state index is 12.5. The van der Waals surface area contributed by atoms with E-state index in [4.69, 9.17) is 0 Å². The van der Waals surface area contributed by atoms with Crippen molar-refractivity contribution in [2.75, 3.05) is 5.32 Å². The van der Waals surface area contributed by atoms with Crippen molar-refractivity contribution >= 4 is 17.0 Å². The smallest absolute Gasteiger partial charge is 0.267 e. The van der Waals surface area contributed by atoms with Crippen molar-refractivity contribution in [3.63, 3.8) is 0 Å². The van der Waals surface area contributed by atoms with E-state index in [0.717, 1.165) is 22.2 Å². The van der Waals surface area contributed by atoms with Gasteiger partial charge >= 0.3 is 0 Å². The van der Waals surface area contributed by atoms with Gasteiger partial charge in [-0.15, -0.1) is 0 Å². The first-order valence-electron chi connectivity index (χ1n) is 10.9. The Morgan fingerprint density at radius 3 is 2.62 bits per heavy atom. The zero-order valence-electron chi connectivity index (χ0n) is 18.1. The molecule has 0 saturated heterocycles. The molecular formula is C26H21N5O3. The minimum Gasteiger partial charge on any atom is -0.508 e. The number of benzene rings is 3. The second-order valence-corrected chi connectivity index (χ2v) is 8.40. The molecule has 1 atom stereocenters. The number of aromatic hydroxyl groups is 1. The molecule has 2 aromatic heterocycles. The van der Waals surface area contributed by atoms with Crippen molar-refractivity contribution in [1.29, 1.82) is 0 Å². The van der Waals surface area contributed by atoms with Crippen molar-refractivity contribution in [3.8, 4) is 17.0 Å². The predicted molar refractivity (Wildman–Crippen MR) is 129 cm³/mol. The summed E-state index contributed by atoms with van der Waals surface area (Å²) in [4.78, 5) is 17.1. The average molecular weight is 451 g/mol. The van der Waals surface area contributed by atoms with Gasteiger partial charge in [-0.1, -0.05) is 36.4 Å². The summed E-state index contributed by atoms with van der Waals surface area (Å²) in [7, 11) is 0. The molecule has 8 nitrogen and oxygen atoms in total. The third kappa shape index (κ3) is 3.60. The Morgan fingerprint density at radius 2 is 1.74 bits per heavy atom. The molecule has 1 unspecified atom stereocenters. The Balaban J connectivity index is 1.57. The minimum atomic E-state index is -1.03. The molecule has 0 radical (unpaired) electrons. The average Bonchev–Trinajstić information content (AvgIpc) is 3.16. The van der Waals surface area contributed by atoms with Gasteiger partial charge in [0.05, 0.1) is 29.8 Å². The lowest BCUT2D eigenvalue weighted by molar-refractivity contribution is 0.206. The highest BCUT2D eigenvalue weighted by Crippen LogP contribution is 2.28. The fourth-order valence-electron chi connectivity index (χ4n) is 4.36. The van der Waals surface area contributed by atoms with E-state index >= 15 is 0 Å². The summed E-state index contributed by atoms with van der Waals surface area (Å²) in [6.07, 6.45) is -1.03. The van der Waals surface area contributed by atoms with Crippen molar-refractivity contribution in [1.82, 2.24) is 19.3 Å². The maximum absolute atomic E-state index is 12.5. The van der Waals surface area contributed by atoms with Crippen LogP contribution in [0, 0.1) is 0 Å². The largest absolute Gasteiger partial charge is 0.508 e. The van der Waals surface area contributed by atoms with Crippen molar-refractivity contribution < 1.29 is 10.2 Å². The standard InChI is InChI=1S/C26H21N5O3/c32-20-7-9-23-22(13-20)27-26-28-25(34)19-6-2-4-17(12-19)15-31-24(33)10-8-21(29-31)18-5-1-3-16(11-18)14-30(23)26/h1-13,25,32,34H,14-15H2,(H,27,28). The molecule has 8 heteroatoms. The zero-order valence-corrected chi connectivity index (χ0v) is 18.1. The van der Waals surface area contributed by atoms with Gasteiger partial charge < -0.3 is 20.1 Å². The first-order chi connectivity index (χ1) is 16.5. The van der Waals surface area contributed by atoms with Crippen LogP contribution in [-0.4, -0.2) is 29.5 Å². The number of aromatic nitrogens is 4. The van der Waals surface area contributed by atoms with Crippen LogP contribution in [0.5, 0.6) is 5.75 Å². The predicted octanol–water partition coefficient (Wildman–Crippen LogP) is 3.48. The summed E-state index contributed by atoms with van der Waals surface area (Å²) < 4.78 is 3.40. The third-order valence-corrected chi connectivity index (χ3v) is 6.03. The molecular weight excluding hydrogens is 430 g/mol. The molecule has 0 spiro atoms. The molecule has 1 aliphatic rings. The minimum absolute atomic E-state index is 0.127. The quantitative estimate of drug-likeness (QED) is 0.333. The number of anilines is 1. The Kier molecular flexibility index (Phi) is 4.67. The number of nitrogens with zero attached hydrogens (tertiary/aromatic N) is 4. The van der Waals surface area contributed by atoms with E-state index in [1.165, 1.54) is 10.7 Å². The van der Waals surface area contributed by atoms with Crippen LogP contribution in [0.2, 0.25) is 0 Å². The fourth-order valence-corrected chi connectivity index (χ4v) is 4.36. The normalized spacial score (nSPS) is 15.1. The van der Waals surface area contributed by atoms with Crippen LogP contribution in [0.1, 0.15) is 22.9 Å². The number of phenols is 1. The summed E-state index contributed by atoms with van der Waals surface area (Å²) in [5, 5.41) is 28.7. The monoisotopic (exact) mass is 451 g/mol. The summed E-state index contributed by atoms with van der Waals surface area (Å²) in [6.45, 7) is 0.758.